The number of aryl methyl sites for hydroxylation is 1. The third-order valence-electron chi connectivity index (χ3n) is 5.34. The van der Waals surface area contributed by atoms with E-state index in [0.717, 1.165) is 11.1 Å². The predicted molar refractivity (Wildman–Crippen MR) is 138 cm³/mol. The van der Waals surface area contributed by atoms with Gasteiger partial charge in [0.15, 0.2) is 0 Å². The predicted octanol–water partition coefficient (Wildman–Crippen LogP) is 4.37. The van der Waals surface area contributed by atoms with Gasteiger partial charge in [-0.2, -0.15) is 0 Å². The second-order valence-electron chi connectivity index (χ2n) is 8.01. The van der Waals surface area contributed by atoms with Crippen LogP contribution >= 0.6 is 0 Å². The number of carbonyl (C=O) groups excluding carboxylic acids is 2. The molecule has 0 atom stereocenters. The van der Waals surface area contributed by atoms with E-state index in [-0.39, 0.29) is 34.2 Å². The van der Waals surface area contributed by atoms with Crippen LogP contribution in [0.2, 0.25) is 0 Å². The average Bonchev–Trinajstić information content (AvgIpc) is 2.88. The highest BCUT2D eigenvalue weighted by atomic mass is 32.2. The molecule has 0 aliphatic heterocycles. The molecule has 0 radical (unpaired) electrons. The van der Waals surface area contributed by atoms with Crippen molar-refractivity contribution in [1.82, 2.24) is 10.3 Å². The van der Waals surface area contributed by atoms with Gasteiger partial charge in [0.25, 0.3) is 21.8 Å². The van der Waals surface area contributed by atoms with Gasteiger partial charge in [0.05, 0.1) is 27.4 Å². The van der Waals surface area contributed by atoms with Gasteiger partial charge in [-0.1, -0.05) is 48.0 Å². The fourth-order valence-electron chi connectivity index (χ4n) is 3.45. The van der Waals surface area contributed by atoms with Gasteiger partial charge < -0.3 is 10.6 Å². The Morgan fingerprint density at radius 3 is 2.08 bits per heavy atom. The van der Waals surface area contributed by atoms with Crippen LogP contribution in [0.15, 0.2) is 102 Å². The van der Waals surface area contributed by atoms with Crippen molar-refractivity contribution in [1.29, 1.82) is 0 Å². The largest absolute Gasteiger partial charge is 0.348 e. The topological polar surface area (TPSA) is 117 Å². The van der Waals surface area contributed by atoms with Crippen LogP contribution < -0.4 is 15.4 Å². The molecule has 0 spiro atoms. The summed E-state index contributed by atoms with van der Waals surface area (Å²) < 4.78 is 28.2. The van der Waals surface area contributed by atoms with Crippen LogP contribution in [0.25, 0.3) is 0 Å². The van der Waals surface area contributed by atoms with E-state index in [1.807, 2.05) is 13.0 Å². The molecule has 4 aromatic rings. The highest BCUT2D eigenvalue weighted by molar-refractivity contribution is 7.92. The maximum atomic E-state index is 13.2. The van der Waals surface area contributed by atoms with E-state index >= 15 is 0 Å². The minimum Gasteiger partial charge on any atom is -0.348 e. The van der Waals surface area contributed by atoms with Gasteiger partial charge in [-0.05, 0) is 55.0 Å². The van der Waals surface area contributed by atoms with Gasteiger partial charge in [0.2, 0.25) is 0 Å². The molecule has 0 aliphatic rings. The Bertz CT molecular complexity index is 1490. The van der Waals surface area contributed by atoms with Crippen molar-refractivity contribution in [3.05, 3.63) is 120 Å². The molecule has 8 nitrogen and oxygen atoms in total. The average molecular weight is 501 g/mol. The first-order valence-electron chi connectivity index (χ1n) is 11.1. The van der Waals surface area contributed by atoms with Crippen molar-refractivity contribution in [2.24, 2.45) is 0 Å². The Balaban J connectivity index is 1.53. The number of carbonyl (C=O) groups is 2. The van der Waals surface area contributed by atoms with Crippen molar-refractivity contribution in [2.75, 3.05) is 10.0 Å². The summed E-state index contributed by atoms with van der Waals surface area (Å²) in [5, 5.41) is 5.54. The van der Waals surface area contributed by atoms with Gasteiger partial charge in [0, 0.05) is 18.9 Å². The number of amides is 2. The lowest BCUT2D eigenvalue weighted by Crippen LogP contribution is -2.25. The zero-order chi connectivity index (χ0) is 25.5. The Morgan fingerprint density at radius 1 is 0.778 bits per heavy atom. The lowest BCUT2D eigenvalue weighted by molar-refractivity contribution is 0.0951. The number of aromatic nitrogens is 1. The van der Waals surface area contributed by atoms with Gasteiger partial charge in [-0.3, -0.25) is 19.3 Å². The van der Waals surface area contributed by atoms with Crippen molar-refractivity contribution in [2.45, 2.75) is 18.4 Å². The summed E-state index contributed by atoms with van der Waals surface area (Å²) >= 11 is 0. The Morgan fingerprint density at radius 2 is 1.42 bits per heavy atom. The zero-order valence-electron chi connectivity index (χ0n) is 19.4. The first kappa shape index (κ1) is 24.6. The molecule has 0 fully saturated rings. The maximum Gasteiger partial charge on any atom is 0.261 e. The minimum absolute atomic E-state index is 0.0824. The number of nitrogens with one attached hydrogen (secondary N) is 3. The number of para-hydroxylation sites is 2. The normalized spacial score (nSPS) is 10.9. The maximum absolute atomic E-state index is 13.2. The van der Waals surface area contributed by atoms with E-state index in [1.54, 1.807) is 67.0 Å². The molecule has 0 bridgehead atoms. The molecule has 3 aromatic carbocycles. The molecule has 182 valence electrons. The second kappa shape index (κ2) is 10.8. The molecule has 0 unspecified atom stereocenters. The van der Waals surface area contributed by atoms with Crippen LogP contribution in [0.1, 0.15) is 31.8 Å². The molecule has 36 heavy (non-hydrogen) atoms. The molecule has 0 aliphatic carbocycles. The highest BCUT2D eigenvalue weighted by Gasteiger charge is 2.20. The molecule has 2 amide bonds. The number of rotatable bonds is 8. The third-order valence-corrected chi connectivity index (χ3v) is 6.72. The Kier molecular flexibility index (Phi) is 7.41. The summed E-state index contributed by atoms with van der Waals surface area (Å²) in [6.45, 7) is 2.14. The van der Waals surface area contributed by atoms with Crippen LogP contribution in [0.4, 0.5) is 11.4 Å². The summed E-state index contributed by atoms with van der Waals surface area (Å²) in [6.07, 6.45) is 3.30. The van der Waals surface area contributed by atoms with Gasteiger partial charge in [-0.15, -0.1) is 0 Å². The molecule has 4 rings (SSSR count). The molecule has 9 heteroatoms. The monoisotopic (exact) mass is 500 g/mol. The van der Waals surface area contributed by atoms with E-state index < -0.39 is 15.9 Å². The Hall–Kier alpha value is -4.50. The number of nitrogens with zero attached hydrogens (tertiary/aromatic N) is 1. The third kappa shape index (κ3) is 5.94. The van der Waals surface area contributed by atoms with Crippen LogP contribution in [-0.4, -0.2) is 25.2 Å². The molecule has 0 saturated carbocycles. The van der Waals surface area contributed by atoms with Crippen molar-refractivity contribution in [3.63, 3.8) is 0 Å². The summed E-state index contributed by atoms with van der Waals surface area (Å²) in [6, 6.07) is 22.9. The molecular formula is C27H24N4O4S. The first-order chi connectivity index (χ1) is 17.3. The van der Waals surface area contributed by atoms with Crippen molar-refractivity contribution < 1.29 is 18.0 Å². The van der Waals surface area contributed by atoms with E-state index in [1.165, 1.54) is 24.3 Å². The van der Waals surface area contributed by atoms with Gasteiger partial charge in [0.1, 0.15) is 0 Å². The van der Waals surface area contributed by atoms with Crippen LogP contribution in [0.5, 0.6) is 0 Å². The smallest absolute Gasteiger partial charge is 0.261 e. The lowest BCUT2D eigenvalue weighted by atomic mass is 10.1. The standard InChI is InChI=1S/C27H24N4O4S/c1-19-12-14-21(15-13-19)36(34,35)31-25-11-5-3-9-23(25)27(33)30-24-10-4-2-8-22(24)26(32)29-18-20-7-6-16-28-17-20/h2-17,31H,18H2,1H3,(H,29,32)(H,30,33). The van der Waals surface area contributed by atoms with E-state index in [0.29, 0.717) is 5.69 Å². The summed E-state index contributed by atoms with van der Waals surface area (Å²) in [4.78, 5) is 30.1. The van der Waals surface area contributed by atoms with Crippen molar-refractivity contribution in [3.8, 4) is 0 Å². The number of sulfonamides is 1. The fraction of sp³-hybridized carbons (Fsp3) is 0.0741. The number of hydrogen-bond acceptors (Lipinski definition) is 5. The van der Waals surface area contributed by atoms with E-state index in [4.69, 9.17) is 0 Å². The number of benzene rings is 3. The van der Waals surface area contributed by atoms with E-state index in [2.05, 4.69) is 20.3 Å². The fourth-order valence-corrected chi connectivity index (χ4v) is 4.53. The summed E-state index contributed by atoms with van der Waals surface area (Å²) in [7, 11) is -3.91. The second-order valence-corrected chi connectivity index (χ2v) is 9.69. The van der Waals surface area contributed by atoms with Gasteiger partial charge >= 0.3 is 0 Å². The molecule has 1 aromatic heterocycles. The van der Waals surface area contributed by atoms with Crippen LogP contribution in [0.3, 0.4) is 0 Å². The van der Waals surface area contributed by atoms with E-state index in [9.17, 15) is 18.0 Å². The summed E-state index contributed by atoms with van der Waals surface area (Å²) in [5.74, 6) is -0.937. The number of hydrogen-bond donors (Lipinski definition) is 3. The number of anilines is 2. The molecule has 1 heterocycles. The summed E-state index contributed by atoms with van der Waals surface area (Å²) in [5.41, 5.74) is 2.56. The van der Waals surface area contributed by atoms with Crippen LogP contribution in [-0.2, 0) is 16.6 Å². The first-order valence-corrected chi connectivity index (χ1v) is 12.6. The highest BCUT2D eigenvalue weighted by Crippen LogP contribution is 2.23. The lowest BCUT2D eigenvalue weighted by Gasteiger charge is -2.15. The number of pyridine rings is 1. The van der Waals surface area contributed by atoms with Gasteiger partial charge in [-0.25, -0.2) is 8.42 Å². The zero-order valence-corrected chi connectivity index (χ0v) is 20.2. The molecule has 3 N–H and O–H groups in total. The SMILES string of the molecule is Cc1ccc(S(=O)(=O)Nc2ccccc2C(=O)Nc2ccccc2C(=O)NCc2cccnc2)cc1. The van der Waals surface area contributed by atoms with Crippen molar-refractivity contribution >= 4 is 33.2 Å². The molecule has 0 saturated heterocycles. The molecular weight excluding hydrogens is 476 g/mol. The minimum atomic E-state index is -3.91. The Labute approximate surface area is 209 Å². The quantitative estimate of drug-likeness (QED) is 0.332. The van der Waals surface area contributed by atoms with Crippen LogP contribution in [0, 0.1) is 6.92 Å².